The fourth-order valence-corrected chi connectivity index (χ4v) is 3.78. The summed E-state index contributed by atoms with van der Waals surface area (Å²) in [7, 11) is 0. The van der Waals surface area contributed by atoms with Crippen LogP contribution in [0.5, 0.6) is 0 Å². The summed E-state index contributed by atoms with van der Waals surface area (Å²) in [5, 5.41) is 15.4. The zero-order valence-electron chi connectivity index (χ0n) is 21.3. The largest absolute Gasteiger partial charge is 0.380 e. The van der Waals surface area contributed by atoms with Crippen molar-refractivity contribution in [3.63, 3.8) is 0 Å². The Morgan fingerprint density at radius 3 is 2.69 bits per heavy atom. The SMILES string of the molecule is CCOCCN1CCN(c2cccc(C(=O)NCc3cnc(C#N)nc3NCC(C)(C)C)c2)CC1. The van der Waals surface area contributed by atoms with Gasteiger partial charge in [-0.3, -0.25) is 9.69 Å². The lowest BCUT2D eigenvalue weighted by Gasteiger charge is -2.36. The number of piperazine rings is 1. The van der Waals surface area contributed by atoms with Gasteiger partial charge in [0.1, 0.15) is 11.9 Å². The molecule has 0 atom stereocenters. The third kappa shape index (κ3) is 8.19. The molecule has 0 aliphatic carbocycles. The first-order chi connectivity index (χ1) is 16.8. The lowest BCUT2D eigenvalue weighted by atomic mass is 9.97. The van der Waals surface area contributed by atoms with E-state index in [1.807, 2.05) is 31.2 Å². The number of nitrogens with zero attached hydrogens (tertiary/aromatic N) is 5. The molecule has 2 N–H and O–H groups in total. The molecule has 3 rings (SSSR count). The van der Waals surface area contributed by atoms with E-state index in [2.05, 4.69) is 57.2 Å². The maximum atomic E-state index is 12.9. The molecule has 0 bridgehead atoms. The molecule has 0 spiro atoms. The van der Waals surface area contributed by atoms with Crippen molar-refractivity contribution in [1.82, 2.24) is 20.2 Å². The number of aromatic nitrogens is 2. The van der Waals surface area contributed by atoms with Gasteiger partial charge < -0.3 is 20.3 Å². The average Bonchev–Trinajstić information content (AvgIpc) is 2.86. The Morgan fingerprint density at radius 2 is 2.00 bits per heavy atom. The van der Waals surface area contributed by atoms with E-state index < -0.39 is 0 Å². The van der Waals surface area contributed by atoms with Gasteiger partial charge in [0.2, 0.25) is 5.82 Å². The average molecular weight is 480 g/mol. The van der Waals surface area contributed by atoms with Gasteiger partial charge in [-0.1, -0.05) is 26.8 Å². The Bertz CT molecular complexity index is 1020. The van der Waals surface area contributed by atoms with Crippen LogP contribution >= 0.6 is 0 Å². The van der Waals surface area contributed by atoms with Crippen molar-refractivity contribution < 1.29 is 9.53 Å². The van der Waals surface area contributed by atoms with E-state index >= 15 is 0 Å². The van der Waals surface area contributed by atoms with Gasteiger partial charge in [0, 0.05) is 75.4 Å². The van der Waals surface area contributed by atoms with Crippen LogP contribution in [0, 0.1) is 16.7 Å². The summed E-state index contributed by atoms with van der Waals surface area (Å²) in [6, 6.07) is 9.71. The molecular formula is C26H37N7O2. The van der Waals surface area contributed by atoms with E-state index in [1.54, 1.807) is 6.20 Å². The molecule has 1 amide bonds. The first kappa shape index (κ1) is 26.4. The third-order valence-corrected chi connectivity index (χ3v) is 5.79. The van der Waals surface area contributed by atoms with Gasteiger partial charge >= 0.3 is 0 Å². The Morgan fingerprint density at radius 1 is 1.23 bits per heavy atom. The number of carbonyl (C=O) groups excluding carboxylic acids is 1. The Labute approximate surface area is 208 Å². The van der Waals surface area contributed by atoms with Crippen LogP contribution in [0.15, 0.2) is 30.5 Å². The minimum atomic E-state index is -0.159. The minimum Gasteiger partial charge on any atom is -0.380 e. The van der Waals surface area contributed by atoms with Gasteiger partial charge in [-0.2, -0.15) is 5.26 Å². The van der Waals surface area contributed by atoms with Crippen LogP contribution < -0.4 is 15.5 Å². The summed E-state index contributed by atoms with van der Waals surface area (Å²) in [4.78, 5) is 26.0. The van der Waals surface area contributed by atoms with Gasteiger partial charge in [-0.05, 0) is 30.5 Å². The monoisotopic (exact) mass is 479 g/mol. The highest BCUT2D eigenvalue weighted by Crippen LogP contribution is 2.20. The second-order valence-electron chi connectivity index (χ2n) is 9.85. The molecule has 1 aromatic carbocycles. The lowest BCUT2D eigenvalue weighted by molar-refractivity contribution is 0.0950. The second kappa shape index (κ2) is 12.5. The molecule has 9 nitrogen and oxygen atoms in total. The van der Waals surface area contributed by atoms with Crippen LogP contribution in [0.1, 0.15) is 49.4 Å². The molecule has 35 heavy (non-hydrogen) atoms. The molecule has 1 aliphatic rings. The predicted octanol–water partition coefficient (Wildman–Crippen LogP) is 2.89. The van der Waals surface area contributed by atoms with Crippen molar-refractivity contribution in [2.24, 2.45) is 5.41 Å². The Balaban J connectivity index is 1.60. The molecule has 1 aliphatic heterocycles. The van der Waals surface area contributed by atoms with Crippen molar-refractivity contribution in [2.75, 3.05) is 62.7 Å². The van der Waals surface area contributed by atoms with Crippen molar-refractivity contribution in [3.8, 4) is 6.07 Å². The normalized spacial score (nSPS) is 14.4. The van der Waals surface area contributed by atoms with E-state index in [0.717, 1.165) is 57.2 Å². The van der Waals surface area contributed by atoms with Crippen molar-refractivity contribution >= 4 is 17.4 Å². The number of nitrogens with one attached hydrogen (secondary N) is 2. The highest BCUT2D eigenvalue weighted by Gasteiger charge is 2.18. The number of anilines is 2. The highest BCUT2D eigenvalue weighted by atomic mass is 16.5. The standard InChI is InChI=1S/C26H37N7O2/c1-5-35-14-13-32-9-11-33(12-10-32)22-8-6-7-20(15-22)25(34)29-18-21-17-28-23(16-27)31-24(21)30-19-26(2,3)4/h6-8,15,17H,5,9-14,18-19H2,1-4H3,(H,29,34)(H,28,30,31). The van der Waals surface area contributed by atoms with E-state index in [-0.39, 0.29) is 23.7 Å². The topological polar surface area (TPSA) is 106 Å². The molecule has 188 valence electrons. The minimum absolute atomic E-state index is 0.0352. The number of amides is 1. The lowest BCUT2D eigenvalue weighted by Crippen LogP contribution is -2.47. The fraction of sp³-hybridized carbons (Fsp3) is 0.538. The first-order valence-electron chi connectivity index (χ1n) is 12.2. The number of carbonyl (C=O) groups is 1. The highest BCUT2D eigenvalue weighted by molar-refractivity contribution is 5.95. The van der Waals surface area contributed by atoms with Gasteiger partial charge in [0.05, 0.1) is 6.61 Å². The molecule has 1 aromatic heterocycles. The van der Waals surface area contributed by atoms with E-state index in [1.165, 1.54) is 0 Å². The molecule has 2 aromatic rings. The van der Waals surface area contributed by atoms with Crippen LogP contribution in [-0.2, 0) is 11.3 Å². The Kier molecular flexibility index (Phi) is 9.40. The van der Waals surface area contributed by atoms with Gasteiger partial charge in [0.15, 0.2) is 0 Å². The van der Waals surface area contributed by atoms with Crippen molar-refractivity contribution in [1.29, 1.82) is 5.26 Å². The number of hydrogen-bond donors (Lipinski definition) is 2. The number of nitriles is 1. The molecule has 2 heterocycles. The fourth-order valence-electron chi connectivity index (χ4n) is 3.78. The summed E-state index contributed by atoms with van der Waals surface area (Å²) in [5.41, 5.74) is 2.44. The van der Waals surface area contributed by atoms with Crippen molar-refractivity contribution in [2.45, 2.75) is 34.2 Å². The zero-order chi connectivity index (χ0) is 25.3. The van der Waals surface area contributed by atoms with E-state index in [4.69, 9.17) is 10.00 Å². The predicted molar refractivity (Wildman–Crippen MR) is 137 cm³/mol. The molecule has 0 radical (unpaired) electrons. The second-order valence-corrected chi connectivity index (χ2v) is 9.85. The van der Waals surface area contributed by atoms with Gasteiger partial charge in [-0.25, -0.2) is 9.97 Å². The third-order valence-electron chi connectivity index (χ3n) is 5.79. The molecular weight excluding hydrogens is 442 g/mol. The quantitative estimate of drug-likeness (QED) is 0.501. The molecule has 1 fully saturated rings. The number of rotatable bonds is 10. The van der Waals surface area contributed by atoms with Gasteiger partial charge in [0.25, 0.3) is 5.91 Å². The smallest absolute Gasteiger partial charge is 0.251 e. The maximum absolute atomic E-state index is 12.9. The Hall–Kier alpha value is -3.22. The van der Waals surface area contributed by atoms with Crippen LogP contribution in [-0.4, -0.2) is 73.3 Å². The van der Waals surface area contributed by atoms with Crippen LogP contribution in [0.4, 0.5) is 11.5 Å². The van der Waals surface area contributed by atoms with E-state index in [0.29, 0.717) is 17.9 Å². The molecule has 9 heteroatoms. The first-order valence-corrected chi connectivity index (χ1v) is 12.2. The van der Waals surface area contributed by atoms with Crippen LogP contribution in [0.3, 0.4) is 0 Å². The zero-order valence-corrected chi connectivity index (χ0v) is 21.3. The molecule has 1 saturated heterocycles. The van der Waals surface area contributed by atoms with E-state index in [9.17, 15) is 4.79 Å². The van der Waals surface area contributed by atoms with Gasteiger partial charge in [-0.15, -0.1) is 0 Å². The molecule has 0 unspecified atom stereocenters. The summed E-state index contributed by atoms with van der Waals surface area (Å²) in [6.45, 7) is 15.6. The number of hydrogen-bond acceptors (Lipinski definition) is 8. The number of benzene rings is 1. The van der Waals surface area contributed by atoms with Crippen molar-refractivity contribution in [3.05, 3.63) is 47.4 Å². The summed E-state index contributed by atoms with van der Waals surface area (Å²) in [5.74, 6) is 0.512. The number of ether oxygens (including phenoxy) is 1. The van der Waals surface area contributed by atoms with Crippen LogP contribution in [0.2, 0.25) is 0 Å². The molecule has 0 saturated carbocycles. The maximum Gasteiger partial charge on any atom is 0.251 e. The summed E-state index contributed by atoms with van der Waals surface area (Å²) in [6.07, 6.45) is 1.60. The summed E-state index contributed by atoms with van der Waals surface area (Å²) < 4.78 is 5.47. The summed E-state index contributed by atoms with van der Waals surface area (Å²) >= 11 is 0. The van der Waals surface area contributed by atoms with Crippen LogP contribution in [0.25, 0.3) is 0 Å².